The average Bonchev–Trinajstić information content (AvgIpc) is 2.99. The van der Waals surface area contributed by atoms with Crippen LogP contribution in [0.4, 0.5) is 0 Å². The average molecular weight is 297 g/mol. The fourth-order valence-corrected chi connectivity index (χ4v) is 2.27. The summed E-state index contributed by atoms with van der Waals surface area (Å²) in [6.07, 6.45) is 5.16. The molecular formula is C15H15N5O2. The largest absolute Gasteiger partial charge is 0.330 e. The monoisotopic (exact) mass is 297 g/mol. The molecule has 22 heavy (non-hydrogen) atoms. The third-order valence-electron chi connectivity index (χ3n) is 3.57. The van der Waals surface area contributed by atoms with Crippen molar-refractivity contribution in [2.24, 2.45) is 14.1 Å². The van der Waals surface area contributed by atoms with Crippen LogP contribution in [0.25, 0.3) is 11.5 Å². The lowest BCUT2D eigenvalue weighted by molar-refractivity contribution is 0.626. The Bertz CT molecular complexity index is 921. The van der Waals surface area contributed by atoms with Gasteiger partial charge in [0.2, 0.25) is 0 Å². The van der Waals surface area contributed by atoms with Crippen molar-refractivity contribution in [3.63, 3.8) is 0 Å². The van der Waals surface area contributed by atoms with Gasteiger partial charge in [0.25, 0.3) is 5.56 Å². The van der Waals surface area contributed by atoms with Crippen molar-refractivity contribution in [2.45, 2.75) is 6.54 Å². The number of rotatable bonds is 3. The highest BCUT2D eigenvalue weighted by Crippen LogP contribution is 2.14. The summed E-state index contributed by atoms with van der Waals surface area (Å²) >= 11 is 0. The van der Waals surface area contributed by atoms with Gasteiger partial charge in [0.05, 0.1) is 6.54 Å². The van der Waals surface area contributed by atoms with Gasteiger partial charge in [0, 0.05) is 44.4 Å². The van der Waals surface area contributed by atoms with Crippen molar-refractivity contribution in [1.29, 1.82) is 0 Å². The maximum absolute atomic E-state index is 12.0. The van der Waals surface area contributed by atoms with E-state index in [1.165, 1.54) is 17.7 Å². The standard InChI is InChI=1S/C15H15N5O2/c1-18-11(9-13(21)19(2)15(18)22)10-20-8-7-17-14(20)12-5-3-4-6-16-12/h3-9H,10H2,1-2H3. The van der Waals surface area contributed by atoms with E-state index in [0.717, 1.165) is 10.3 Å². The van der Waals surface area contributed by atoms with E-state index in [1.807, 2.05) is 22.8 Å². The molecule has 0 aliphatic heterocycles. The van der Waals surface area contributed by atoms with Crippen LogP contribution in [0.3, 0.4) is 0 Å². The first-order valence-corrected chi connectivity index (χ1v) is 6.76. The Hall–Kier alpha value is -2.96. The fraction of sp³-hybridized carbons (Fsp3) is 0.200. The van der Waals surface area contributed by atoms with Crippen molar-refractivity contribution < 1.29 is 0 Å². The van der Waals surface area contributed by atoms with Gasteiger partial charge in [0.1, 0.15) is 5.69 Å². The van der Waals surface area contributed by atoms with Crippen molar-refractivity contribution in [3.05, 3.63) is 69.4 Å². The van der Waals surface area contributed by atoms with E-state index in [9.17, 15) is 9.59 Å². The van der Waals surface area contributed by atoms with E-state index in [0.29, 0.717) is 18.1 Å². The van der Waals surface area contributed by atoms with Crippen LogP contribution < -0.4 is 11.2 Å². The van der Waals surface area contributed by atoms with E-state index in [-0.39, 0.29) is 11.2 Å². The highest BCUT2D eigenvalue weighted by Gasteiger charge is 2.11. The Balaban J connectivity index is 2.05. The predicted molar refractivity (Wildman–Crippen MR) is 81.5 cm³/mol. The van der Waals surface area contributed by atoms with E-state index < -0.39 is 0 Å². The second-order valence-corrected chi connectivity index (χ2v) is 4.97. The number of hydrogen-bond acceptors (Lipinski definition) is 4. The molecular weight excluding hydrogens is 282 g/mol. The first-order chi connectivity index (χ1) is 10.6. The second kappa shape index (κ2) is 5.44. The molecule has 7 nitrogen and oxygen atoms in total. The maximum atomic E-state index is 12.0. The van der Waals surface area contributed by atoms with Crippen LogP contribution in [-0.2, 0) is 20.6 Å². The Morgan fingerprint density at radius 2 is 1.86 bits per heavy atom. The normalized spacial score (nSPS) is 10.8. The van der Waals surface area contributed by atoms with Crippen LogP contribution in [0, 0.1) is 0 Å². The Morgan fingerprint density at radius 3 is 2.59 bits per heavy atom. The molecule has 0 spiro atoms. The fourth-order valence-electron chi connectivity index (χ4n) is 2.27. The van der Waals surface area contributed by atoms with E-state index in [1.54, 1.807) is 25.6 Å². The molecule has 112 valence electrons. The van der Waals surface area contributed by atoms with Crippen molar-refractivity contribution in [3.8, 4) is 11.5 Å². The number of nitrogens with zero attached hydrogens (tertiary/aromatic N) is 5. The molecule has 0 aliphatic rings. The first-order valence-electron chi connectivity index (χ1n) is 6.76. The van der Waals surface area contributed by atoms with Gasteiger partial charge in [-0.25, -0.2) is 9.78 Å². The van der Waals surface area contributed by atoms with Gasteiger partial charge in [-0.15, -0.1) is 0 Å². The lowest BCUT2D eigenvalue weighted by Crippen LogP contribution is -2.38. The first kappa shape index (κ1) is 14.0. The zero-order valence-corrected chi connectivity index (χ0v) is 12.3. The van der Waals surface area contributed by atoms with E-state index in [2.05, 4.69) is 9.97 Å². The SMILES string of the molecule is Cn1c(Cn2ccnc2-c2ccccn2)cc(=O)n(C)c1=O. The molecule has 3 heterocycles. The van der Waals surface area contributed by atoms with Crippen molar-refractivity contribution in [1.82, 2.24) is 23.7 Å². The molecule has 0 radical (unpaired) electrons. The van der Waals surface area contributed by atoms with E-state index >= 15 is 0 Å². The lowest BCUT2D eigenvalue weighted by atomic mass is 10.3. The number of aromatic nitrogens is 5. The minimum absolute atomic E-state index is 0.322. The summed E-state index contributed by atoms with van der Waals surface area (Å²) in [6.45, 7) is 0.369. The van der Waals surface area contributed by atoms with Crippen LogP contribution in [0.2, 0.25) is 0 Å². The van der Waals surface area contributed by atoms with Gasteiger partial charge in [-0.3, -0.25) is 18.9 Å². The van der Waals surface area contributed by atoms with Gasteiger partial charge < -0.3 is 4.57 Å². The molecule has 0 N–H and O–H groups in total. The topological polar surface area (TPSA) is 74.7 Å². The molecule has 0 amide bonds. The minimum atomic E-state index is -0.345. The highest BCUT2D eigenvalue weighted by molar-refractivity contribution is 5.49. The summed E-state index contributed by atoms with van der Waals surface area (Å²) in [5.41, 5.74) is 0.684. The zero-order valence-electron chi connectivity index (χ0n) is 12.3. The number of hydrogen-bond donors (Lipinski definition) is 0. The molecule has 7 heteroatoms. The van der Waals surface area contributed by atoms with Crippen LogP contribution >= 0.6 is 0 Å². The third kappa shape index (κ3) is 2.37. The van der Waals surface area contributed by atoms with Gasteiger partial charge >= 0.3 is 5.69 Å². The Labute approximate surface area is 126 Å². The van der Waals surface area contributed by atoms with Gasteiger partial charge in [-0.2, -0.15) is 0 Å². The Morgan fingerprint density at radius 1 is 1.05 bits per heavy atom. The Kier molecular flexibility index (Phi) is 3.46. The molecule has 0 unspecified atom stereocenters. The summed E-state index contributed by atoms with van der Waals surface area (Å²) in [5, 5.41) is 0. The maximum Gasteiger partial charge on any atom is 0.330 e. The van der Waals surface area contributed by atoms with Gasteiger partial charge in [-0.05, 0) is 12.1 Å². The molecule has 3 aromatic rings. The summed E-state index contributed by atoms with van der Waals surface area (Å²) in [6, 6.07) is 7.04. The highest BCUT2D eigenvalue weighted by atomic mass is 16.2. The molecule has 0 saturated carbocycles. The molecule has 0 aromatic carbocycles. The second-order valence-electron chi connectivity index (χ2n) is 4.97. The molecule has 0 saturated heterocycles. The summed E-state index contributed by atoms with van der Waals surface area (Å²) < 4.78 is 4.40. The van der Waals surface area contributed by atoms with Crippen molar-refractivity contribution >= 4 is 0 Å². The molecule has 0 atom stereocenters. The number of imidazole rings is 1. The molecule has 0 bridgehead atoms. The van der Waals surface area contributed by atoms with Crippen LogP contribution in [0.15, 0.2) is 52.4 Å². The van der Waals surface area contributed by atoms with Crippen LogP contribution in [0.1, 0.15) is 5.69 Å². The lowest BCUT2D eigenvalue weighted by Gasteiger charge is -2.12. The zero-order chi connectivity index (χ0) is 15.7. The quantitative estimate of drug-likeness (QED) is 0.701. The molecule has 0 aliphatic carbocycles. The summed E-state index contributed by atoms with van der Waals surface area (Å²) in [4.78, 5) is 32.4. The summed E-state index contributed by atoms with van der Waals surface area (Å²) in [5.74, 6) is 0.689. The summed E-state index contributed by atoms with van der Waals surface area (Å²) in [7, 11) is 3.11. The van der Waals surface area contributed by atoms with Crippen molar-refractivity contribution in [2.75, 3.05) is 0 Å². The smallest absolute Gasteiger partial charge is 0.324 e. The predicted octanol–water partition coefficient (Wildman–Crippen LogP) is 0.391. The van der Waals surface area contributed by atoms with Gasteiger partial charge in [-0.1, -0.05) is 6.07 Å². The molecule has 3 aromatic heterocycles. The number of pyridine rings is 1. The third-order valence-corrected chi connectivity index (χ3v) is 3.57. The van der Waals surface area contributed by atoms with Crippen LogP contribution in [0.5, 0.6) is 0 Å². The molecule has 3 rings (SSSR count). The van der Waals surface area contributed by atoms with E-state index in [4.69, 9.17) is 0 Å². The van der Waals surface area contributed by atoms with Crippen LogP contribution in [-0.4, -0.2) is 23.7 Å². The van der Waals surface area contributed by atoms with Gasteiger partial charge in [0.15, 0.2) is 5.82 Å². The minimum Gasteiger partial charge on any atom is -0.324 e. The molecule has 0 fully saturated rings.